The predicted molar refractivity (Wildman–Crippen MR) is 134 cm³/mol. The summed E-state index contributed by atoms with van der Waals surface area (Å²) in [6.45, 7) is 0. The van der Waals surface area contributed by atoms with Crippen molar-refractivity contribution in [3.05, 3.63) is 108 Å². The van der Waals surface area contributed by atoms with E-state index < -0.39 is 5.91 Å². The predicted octanol–water partition coefficient (Wildman–Crippen LogP) is 5.31. The summed E-state index contributed by atoms with van der Waals surface area (Å²) in [5, 5.41) is 4.73. The Morgan fingerprint density at radius 1 is 0.735 bits per heavy atom. The first-order chi connectivity index (χ1) is 16.7. The summed E-state index contributed by atoms with van der Waals surface area (Å²) in [6, 6.07) is 30.0. The smallest absolute Gasteiger partial charge is 0.305 e. The summed E-state index contributed by atoms with van der Waals surface area (Å²) < 4.78 is 1.67. The maximum atomic E-state index is 13.3. The van der Waals surface area contributed by atoms with Gasteiger partial charge in [-0.3, -0.25) is 19.7 Å². The van der Waals surface area contributed by atoms with Gasteiger partial charge in [-0.25, -0.2) is 4.98 Å². The van der Waals surface area contributed by atoms with Gasteiger partial charge in [-0.1, -0.05) is 60.7 Å². The van der Waals surface area contributed by atoms with Crippen molar-refractivity contribution >= 4 is 50.3 Å². The topological polar surface area (TPSA) is 91.8 Å². The van der Waals surface area contributed by atoms with E-state index in [1.54, 1.807) is 10.7 Å². The first-order valence-corrected chi connectivity index (χ1v) is 10.8. The number of nitrogens with zero attached hydrogens (tertiary/aromatic N) is 2. The van der Waals surface area contributed by atoms with Gasteiger partial charge in [0.25, 0.3) is 5.91 Å². The van der Waals surface area contributed by atoms with Crippen LogP contribution in [0, 0.1) is 0 Å². The molecule has 2 aromatic heterocycles. The summed E-state index contributed by atoms with van der Waals surface area (Å²) in [6.07, 6.45) is 0. The molecule has 34 heavy (non-hydrogen) atoms. The molecule has 4 aromatic carbocycles. The molecule has 0 saturated heterocycles. The molecule has 0 aliphatic carbocycles. The molecule has 0 saturated carbocycles. The van der Waals surface area contributed by atoms with E-state index in [9.17, 15) is 9.59 Å². The van der Waals surface area contributed by atoms with Crippen LogP contribution in [0.3, 0.4) is 0 Å². The number of amides is 2. The maximum Gasteiger partial charge on any atom is 0.305 e. The lowest BCUT2D eigenvalue weighted by atomic mass is 10.1. The summed E-state index contributed by atoms with van der Waals surface area (Å²) in [5.74, 6) is -0.477. The van der Waals surface area contributed by atoms with Crippen molar-refractivity contribution in [2.75, 3.05) is 10.7 Å². The van der Waals surface area contributed by atoms with Crippen LogP contribution in [-0.4, -0.2) is 26.5 Å². The quantitative estimate of drug-likeness (QED) is 0.344. The fraction of sp³-hybridized carbons (Fsp3) is 0. The van der Waals surface area contributed by atoms with Crippen molar-refractivity contribution in [2.45, 2.75) is 0 Å². The van der Waals surface area contributed by atoms with E-state index in [1.807, 2.05) is 91.0 Å². The van der Waals surface area contributed by atoms with Crippen molar-refractivity contribution < 1.29 is 9.59 Å². The zero-order valence-corrected chi connectivity index (χ0v) is 17.9. The van der Waals surface area contributed by atoms with Crippen LogP contribution in [0.4, 0.5) is 5.69 Å². The van der Waals surface area contributed by atoms with E-state index in [4.69, 9.17) is 0 Å². The number of anilines is 1. The Labute approximate surface area is 194 Å². The number of aromatic amines is 1. The van der Waals surface area contributed by atoms with Crippen LogP contribution in [0.15, 0.2) is 97.1 Å². The largest absolute Gasteiger partial charge is 0.334 e. The molecule has 6 aromatic rings. The third-order valence-electron chi connectivity index (χ3n) is 5.79. The number of hydrogen-bond donors (Lipinski definition) is 3. The lowest BCUT2D eigenvalue weighted by Gasteiger charge is -2.12. The minimum Gasteiger partial charge on any atom is -0.334 e. The van der Waals surface area contributed by atoms with Gasteiger partial charge >= 0.3 is 5.91 Å². The standard InChI is InChI=1S/C27H19N5O2/c33-26(28-17-9-2-1-3-10-17)20-13-8-12-19-18-11-4-7-16-23(18)32(24(19)20)31-27(34)25-29-21-14-5-6-15-22(21)30-25/h1-16H,(H,28,33)(H,29,30)(H,31,34). The molecule has 0 bridgehead atoms. The first-order valence-electron chi connectivity index (χ1n) is 10.8. The normalized spacial score (nSPS) is 11.2. The third kappa shape index (κ3) is 3.27. The molecular weight excluding hydrogens is 426 g/mol. The second-order valence-corrected chi connectivity index (χ2v) is 7.92. The Hall–Kier alpha value is -4.91. The first kappa shape index (κ1) is 19.8. The van der Waals surface area contributed by atoms with E-state index in [1.165, 1.54) is 0 Å². The van der Waals surface area contributed by atoms with E-state index in [-0.39, 0.29) is 11.7 Å². The van der Waals surface area contributed by atoms with Crippen LogP contribution in [0.5, 0.6) is 0 Å². The fourth-order valence-electron chi connectivity index (χ4n) is 4.25. The SMILES string of the molecule is O=C(Nn1c2ccccc2c2cccc(C(=O)Nc3ccccc3)c21)c1nc2ccccc2[nH]1. The van der Waals surface area contributed by atoms with Crippen LogP contribution in [0.1, 0.15) is 21.0 Å². The average Bonchev–Trinajstić information content (AvgIpc) is 3.45. The van der Waals surface area contributed by atoms with E-state index >= 15 is 0 Å². The highest BCUT2D eigenvalue weighted by Crippen LogP contribution is 2.31. The number of aromatic nitrogens is 3. The summed E-state index contributed by atoms with van der Waals surface area (Å²) in [5.41, 5.74) is 6.96. The second-order valence-electron chi connectivity index (χ2n) is 7.92. The van der Waals surface area contributed by atoms with Crippen molar-refractivity contribution in [1.29, 1.82) is 0 Å². The lowest BCUT2D eigenvalue weighted by molar-refractivity contribution is 0.0996. The number of H-pyrrole nitrogens is 1. The van der Waals surface area contributed by atoms with Crippen molar-refractivity contribution in [3.8, 4) is 0 Å². The van der Waals surface area contributed by atoms with E-state index in [0.717, 1.165) is 21.8 Å². The molecule has 0 aliphatic rings. The lowest BCUT2D eigenvalue weighted by Crippen LogP contribution is -2.25. The number of imidazole rings is 1. The van der Waals surface area contributed by atoms with Crippen molar-refractivity contribution in [1.82, 2.24) is 14.6 Å². The molecule has 0 aliphatic heterocycles. The van der Waals surface area contributed by atoms with Gasteiger partial charge in [-0.15, -0.1) is 0 Å². The van der Waals surface area contributed by atoms with Gasteiger partial charge in [0.15, 0.2) is 5.82 Å². The number of nitrogens with one attached hydrogen (secondary N) is 3. The number of fused-ring (bicyclic) bond motifs is 4. The molecule has 0 radical (unpaired) electrons. The minimum absolute atomic E-state index is 0.193. The molecule has 3 N–H and O–H groups in total. The molecule has 7 nitrogen and oxygen atoms in total. The fourth-order valence-corrected chi connectivity index (χ4v) is 4.25. The minimum atomic E-state index is -0.405. The molecule has 0 unspecified atom stereocenters. The highest BCUT2D eigenvalue weighted by molar-refractivity contribution is 6.19. The molecular formula is C27H19N5O2. The van der Waals surface area contributed by atoms with E-state index in [0.29, 0.717) is 22.3 Å². The van der Waals surface area contributed by atoms with E-state index in [2.05, 4.69) is 20.7 Å². The number of hydrogen-bond acceptors (Lipinski definition) is 3. The molecule has 0 spiro atoms. The number of benzene rings is 4. The van der Waals surface area contributed by atoms with Gasteiger partial charge in [0.2, 0.25) is 0 Å². The Morgan fingerprint density at radius 3 is 2.32 bits per heavy atom. The van der Waals surface area contributed by atoms with Crippen LogP contribution in [-0.2, 0) is 0 Å². The summed E-state index contributed by atoms with van der Waals surface area (Å²) in [7, 11) is 0. The van der Waals surface area contributed by atoms with Crippen molar-refractivity contribution in [3.63, 3.8) is 0 Å². The van der Waals surface area contributed by atoms with Gasteiger partial charge in [0.05, 0.1) is 27.6 Å². The molecule has 0 fully saturated rings. The Kier molecular flexibility index (Phi) is 4.59. The number of carbonyl (C=O) groups excluding carboxylic acids is 2. The highest BCUT2D eigenvalue weighted by atomic mass is 16.2. The Bertz CT molecular complexity index is 1670. The Morgan fingerprint density at radius 2 is 1.47 bits per heavy atom. The molecule has 7 heteroatoms. The zero-order chi connectivity index (χ0) is 23.1. The number of para-hydroxylation sites is 5. The van der Waals surface area contributed by atoms with Crippen LogP contribution in [0.25, 0.3) is 32.8 Å². The number of carbonyl (C=O) groups is 2. The zero-order valence-electron chi connectivity index (χ0n) is 17.9. The second kappa shape index (κ2) is 7.90. The maximum absolute atomic E-state index is 13.3. The average molecular weight is 445 g/mol. The Balaban J connectivity index is 1.48. The van der Waals surface area contributed by atoms with Gasteiger partial charge in [0, 0.05) is 16.5 Å². The van der Waals surface area contributed by atoms with Gasteiger partial charge < -0.3 is 10.3 Å². The van der Waals surface area contributed by atoms with Gasteiger partial charge in [0.1, 0.15) is 0 Å². The third-order valence-corrected chi connectivity index (χ3v) is 5.79. The van der Waals surface area contributed by atoms with Crippen LogP contribution >= 0.6 is 0 Å². The molecule has 2 heterocycles. The molecule has 0 atom stereocenters. The monoisotopic (exact) mass is 445 g/mol. The van der Waals surface area contributed by atoms with Crippen LogP contribution in [0.2, 0.25) is 0 Å². The van der Waals surface area contributed by atoms with Gasteiger partial charge in [-0.05, 0) is 36.4 Å². The number of rotatable bonds is 4. The highest BCUT2D eigenvalue weighted by Gasteiger charge is 2.21. The van der Waals surface area contributed by atoms with Crippen molar-refractivity contribution in [2.24, 2.45) is 0 Å². The molecule has 2 amide bonds. The molecule has 164 valence electrons. The summed E-state index contributed by atoms with van der Waals surface area (Å²) >= 11 is 0. The summed E-state index contributed by atoms with van der Waals surface area (Å²) in [4.78, 5) is 34.0. The van der Waals surface area contributed by atoms with Crippen LogP contribution < -0.4 is 10.7 Å². The van der Waals surface area contributed by atoms with Gasteiger partial charge in [-0.2, -0.15) is 0 Å². The molecule has 6 rings (SSSR count).